The Balaban J connectivity index is 2.25. The number of anilines is 2. The lowest BCUT2D eigenvalue weighted by Crippen LogP contribution is -2.23. The van der Waals surface area contributed by atoms with Gasteiger partial charge in [0.1, 0.15) is 4.88 Å². The summed E-state index contributed by atoms with van der Waals surface area (Å²) in [5, 5.41) is 7.65. The van der Waals surface area contributed by atoms with Crippen molar-refractivity contribution in [2.75, 3.05) is 17.6 Å². The predicted molar refractivity (Wildman–Crippen MR) is 91.3 cm³/mol. The number of amides is 1. The molecule has 0 spiro atoms. The van der Waals surface area contributed by atoms with Crippen molar-refractivity contribution in [3.63, 3.8) is 0 Å². The maximum Gasteiger partial charge on any atom is 0.263 e. The first-order valence-corrected chi connectivity index (χ1v) is 8.90. The molecule has 0 unspecified atom stereocenters. The third kappa shape index (κ3) is 3.70. The van der Waals surface area contributed by atoms with Gasteiger partial charge in [-0.1, -0.05) is 20.8 Å². The zero-order chi connectivity index (χ0) is 15.4. The van der Waals surface area contributed by atoms with Gasteiger partial charge in [0.15, 0.2) is 0 Å². The molecule has 2 rings (SSSR count). The molecule has 1 fully saturated rings. The van der Waals surface area contributed by atoms with Crippen molar-refractivity contribution in [3.05, 3.63) is 10.4 Å². The lowest BCUT2D eigenvalue weighted by molar-refractivity contribution is 0.0958. The molecular formula is C16H27N3OS. The van der Waals surface area contributed by atoms with E-state index in [2.05, 4.69) is 24.5 Å². The summed E-state index contributed by atoms with van der Waals surface area (Å²) in [6.07, 6.45) is 5.47. The minimum absolute atomic E-state index is 0.0288. The van der Waals surface area contributed by atoms with Crippen LogP contribution in [0.1, 0.15) is 74.0 Å². The summed E-state index contributed by atoms with van der Waals surface area (Å²) in [4.78, 5) is 12.9. The monoisotopic (exact) mass is 309 g/mol. The van der Waals surface area contributed by atoms with Crippen molar-refractivity contribution in [1.29, 1.82) is 0 Å². The third-order valence-electron chi connectivity index (χ3n) is 4.03. The molecule has 1 aliphatic carbocycles. The van der Waals surface area contributed by atoms with Crippen molar-refractivity contribution in [2.45, 2.75) is 64.8 Å². The molecule has 21 heavy (non-hydrogen) atoms. The van der Waals surface area contributed by atoms with Gasteiger partial charge in [0, 0.05) is 18.2 Å². The molecule has 4 N–H and O–H groups in total. The number of nitrogens with one attached hydrogen (secondary N) is 2. The number of thiophene rings is 1. The van der Waals surface area contributed by atoms with E-state index in [1.807, 2.05) is 6.92 Å². The van der Waals surface area contributed by atoms with Gasteiger partial charge in [0.2, 0.25) is 0 Å². The molecule has 4 nitrogen and oxygen atoms in total. The summed E-state index contributed by atoms with van der Waals surface area (Å²) < 4.78 is 0. The van der Waals surface area contributed by atoms with Crippen molar-refractivity contribution in [2.24, 2.45) is 0 Å². The van der Waals surface area contributed by atoms with Gasteiger partial charge < -0.3 is 16.4 Å². The normalized spacial score (nSPS) is 14.5. The van der Waals surface area contributed by atoms with Crippen LogP contribution < -0.4 is 16.4 Å². The van der Waals surface area contributed by atoms with Crippen LogP contribution in [-0.4, -0.2) is 18.5 Å². The molecule has 1 aromatic rings. The molecule has 0 radical (unpaired) electrons. The summed E-state index contributed by atoms with van der Waals surface area (Å²) in [5.41, 5.74) is 8.17. The molecule has 0 aliphatic heterocycles. The van der Waals surface area contributed by atoms with Crippen LogP contribution in [0.5, 0.6) is 0 Å². The average Bonchev–Trinajstić information content (AvgIpc) is 3.26. The largest absolute Gasteiger partial charge is 0.397 e. The summed E-state index contributed by atoms with van der Waals surface area (Å²) in [6, 6.07) is 0.451. The summed E-state index contributed by atoms with van der Waals surface area (Å²) in [5.74, 6) is 0.518. The Morgan fingerprint density at radius 2 is 2.00 bits per heavy atom. The summed E-state index contributed by atoms with van der Waals surface area (Å²) in [7, 11) is 0. The third-order valence-corrected chi connectivity index (χ3v) is 5.18. The van der Waals surface area contributed by atoms with Crippen LogP contribution in [-0.2, 0) is 0 Å². The lowest BCUT2D eigenvalue weighted by atomic mass is 10.1. The Hall–Kier alpha value is -1.23. The van der Waals surface area contributed by atoms with E-state index in [0.717, 1.165) is 24.3 Å². The smallest absolute Gasteiger partial charge is 0.263 e. The fourth-order valence-corrected chi connectivity index (χ4v) is 3.71. The molecule has 1 amide bonds. The van der Waals surface area contributed by atoms with Crippen LogP contribution in [0.3, 0.4) is 0 Å². The summed E-state index contributed by atoms with van der Waals surface area (Å²) in [6.45, 7) is 7.12. The number of carbonyl (C=O) groups is 1. The molecule has 118 valence electrons. The van der Waals surface area contributed by atoms with Gasteiger partial charge in [0.25, 0.3) is 5.91 Å². The molecule has 0 bridgehead atoms. The molecule has 0 aromatic carbocycles. The van der Waals surface area contributed by atoms with E-state index >= 15 is 0 Å². The van der Waals surface area contributed by atoms with Crippen molar-refractivity contribution in [1.82, 2.24) is 5.32 Å². The first-order valence-electron chi connectivity index (χ1n) is 8.09. The van der Waals surface area contributed by atoms with Crippen LogP contribution in [0.25, 0.3) is 0 Å². The van der Waals surface area contributed by atoms with Gasteiger partial charge in [-0.15, -0.1) is 11.3 Å². The van der Waals surface area contributed by atoms with Crippen LogP contribution in [0.4, 0.5) is 10.7 Å². The van der Waals surface area contributed by atoms with Crippen molar-refractivity contribution < 1.29 is 4.79 Å². The second-order valence-corrected chi connectivity index (χ2v) is 6.80. The first-order chi connectivity index (χ1) is 10.1. The Bertz CT molecular complexity index is 490. The highest BCUT2D eigenvalue weighted by Gasteiger charge is 2.33. The Morgan fingerprint density at radius 3 is 2.52 bits per heavy atom. The molecule has 0 atom stereocenters. The van der Waals surface area contributed by atoms with Crippen LogP contribution in [0.15, 0.2) is 0 Å². The van der Waals surface area contributed by atoms with E-state index in [9.17, 15) is 4.79 Å². The second kappa shape index (κ2) is 7.16. The highest BCUT2D eigenvalue weighted by atomic mass is 32.1. The van der Waals surface area contributed by atoms with E-state index in [4.69, 9.17) is 5.73 Å². The SMILES string of the molecule is CCCNC(=O)c1sc(NC(CC)CC)c(C2CC2)c1N. The zero-order valence-corrected chi connectivity index (χ0v) is 14.1. The molecule has 0 saturated heterocycles. The fraction of sp³-hybridized carbons (Fsp3) is 0.688. The number of carbonyl (C=O) groups excluding carboxylic acids is 1. The minimum Gasteiger partial charge on any atom is -0.397 e. The maximum absolute atomic E-state index is 12.2. The molecular weight excluding hydrogens is 282 g/mol. The van der Waals surface area contributed by atoms with E-state index < -0.39 is 0 Å². The lowest BCUT2D eigenvalue weighted by Gasteiger charge is -2.16. The number of nitrogens with two attached hydrogens (primary N) is 1. The minimum atomic E-state index is -0.0288. The number of hydrogen-bond donors (Lipinski definition) is 3. The molecule has 1 heterocycles. The quantitative estimate of drug-likeness (QED) is 0.681. The predicted octanol–water partition coefficient (Wildman–Crippen LogP) is 3.95. The Labute approximate surface area is 131 Å². The second-order valence-electron chi connectivity index (χ2n) is 5.78. The Morgan fingerprint density at radius 1 is 1.33 bits per heavy atom. The van der Waals surface area contributed by atoms with E-state index in [1.54, 1.807) is 0 Å². The van der Waals surface area contributed by atoms with E-state index in [0.29, 0.717) is 29.1 Å². The van der Waals surface area contributed by atoms with E-state index in [-0.39, 0.29) is 5.91 Å². The highest BCUT2D eigenvalue weighted by molar-refractivity contribution is 7.18. The standard InChI is InChI=1S/C16H27N3OS/c1-4-9-18-15(20)14-13(17)12(10-7-8-10)16(21-14)19-11(5-2)6-3/h10-11,19H,4-9,17H2,1-3H3,(H,18,20). The zero-order valence-electron chi connectivity index (χ0n) is 13.3. The van der Waals surface area contributed by atoms with Gasteiger partial charge in [0.05, 0.1) is 10.7 Å². The fourth-order valence-electron chi connectivity index (χ4n) is 2.51. The first kappa shape index (κ1) is 16.1. The van der Waals surface area contributed by atoms with E-state index in [1.165, 1.54) is 29.7 Å². The number of nitrogen functional groups attached to an aromatic ring is 1. The molecule has 1 saturated carbocycles. The highest BCUT2D eigenvalue weighted by Crippen LogP contribution is 2.51. The van der Waals surface area contributed by atoms with Crippen LogP contribution in [0, 0.1) is 0 Å². The van der Waals surface area contributed by atoms with Gasteiger partial charge >= 0.3 is 0 Å². The van der Waals surface area contributed by atoms with Gasteiger partial charge in [-0.2, -0.15) is 0 Å². The van der Waals surface area contributed by atoms with Gasteiger partial charge in [-0.25, -0.2) is 0 Å². The van der Waals surface area contributed by atoms with Crippen LogP contribution >= 0.6 is 11.3 Å². The average molecular weight is 309 g/mol. The molecule has 5 heteroatoms. The van der Waals surface area contributed by atoms with Gasteiger partial charge in [-0.3, -0.25) is 4.79 Å². The topological polar surface area (TPSA) is 67.2 Å². The number of hydrogen-bond acceptors (Lipinski definition) is 4. The van der Waals surface area contributed by atoms with Crippen molar-refractivity contribution in [3.8, 4) is 0 Å². The number of rotatable bonds is 8. The van der Waals surface area contributed by atoms with Crippen molar-refractivity contribution >= 4 is 27.9 Å². The van der Waals surface area contributed by atoms with Gasteiger partial charge in [-0.05, 0) is 38.0 Å². The maximum atomic E-state index is 12.2. The molecule has 1 aliphatic rings. The molecule has 1 aromatic heterocycles. The summed E-state index contributed by atoms with van der Waals surface area (Å²) >= 11 is 1.52. The van der Waals surface area contributed by atoms with Crippen LogP contribution in [0.2, 0.25) is 0 Å². The Kier molecular flexibility index (Phi) is 5.51.